The van der Waals surface area contributed by atoms with Gasteiger partial charge in [0, 0.05) is 12.1 Å². The number of esters is 1. The molecule has 108 valence electrons. The first-order valence-corrected chi connectivity index (χ1v) is 6.56. The summed E-state index contributed by atoms with van der Waals surface area (Å²) in [6, 6.07) is 7.79. The van der Waals surface area contributed by atoms with E-state index in [0.29, 0.717) is 0 Å². The second-order valence-corrected chi connectivity index (χ2v) is 4.88. The molecule has 0 aliphatic heterocycles. The topological polar surface area (TPSA) is 46.6 Å². The van der Waals surface area contributed by atoms with Crippen LogP contribution in [0.15, 0.2) is 30.3 Å². The van der Waals surface area contributed by atoms with Crippen LogP contribution < -0.4 is 0 Å². The van der Waals surface area contributed by atoms with E-state index < -0.39 is 5.97 Å². The zero-order valence-corrected chi connectivity index (χ0v) is 12.4. The van der Waals surface area contributed by atoms with Crippen LogP contribution in [0.4, 0.5) is 0 Å². The third-order valence-electron chi connectivity index (χ3n) is 2.93. The first-order valence-electron chi connectivity index (χ1n) is 6.56. The van der Waals surface area contributed by atoms with Crippen molar-refractivity contribution in [1.82, 2.24) is 4.90 Å². The second kappa shape index (κ2) is 7.48. The van der Waals surface area contributed by atoms with Crippen molar-refractivity contribution in [2.24, 2.45) is 0 Å². The van der Waals surface area contributed by atoms with Crippen molar-refractivity contribution < 1.29 is 14.3 Å². The molecule has 0 heterocycles. The molecule has 4 heteroatoms. The van der Waals surface area contributed by atoms with Crippen LogP contribution in [0.2, 0.25) is 0 Å². The maximum atomic E-state index is 12.1. The van der Waals surface area contributed by atoms with Gasteiger partial charge in [-0.2, -0.15) is 0 Å². The first kappa shape index (κ1) is 16.0. The van der Waals surface area contributed by atoms with Crippen LogP contribution in [-0.2, 0) is 14.3 Å². The number of carbonyl (C=O) groups excluding carboxylic acids is 2. The summed E-state index contributed by atoms with van der Waals surface area (Å²) >= 11 is 0. The Hall–Kier alpha value is -2.10. The number of benzene rings is 1. The predicted molar refractivity (Wildman–Crippen MR) is 79.1 cm³/mol. The minimum atomic E-state index is -0.421. The lowest BCUT2D eigenvalue weighted by molar-refractivity contribution is -0.146. The summed E-state index contributed by atoms with van der Waals surface area (Å²) in [4.78, 5) is 24.9. The Balaban J connectivity index is 2.75. The van der Waals surface area contributed by atoms with Crippen molar-refractivity contribution in [3.63, 3.8) is 0 Å². The van der Waals surface area contributed by atoms with Crippen molar-refractivity contribution >= 4 is 18.0 Å². The van der Waals surface area contributed by atoms with Crippen LogP contribution in [0.25, 0.3) is 6.08 Å². The molecule has 1 rings (SSSR count). The highest BCUT2D eigenvalue weighted by Gasteiger charge is 2.18. The van der Waals surface area contributed by atoms with E-state index in [2.05, 4.69) is 4.74 Å². The number of aryl methyl sites for hydroxylation is 1. The van der Waals surface area contributed by atoms with Crippen LogP contribution in [0, 0.1) is 6.92 Å². The number of rotatable bonds is 5. The lowest BCUT2D eigenvalue weighted by Gasteiger charge is -2.24. The van der Waals surface area contributed by atoms with E-state index in [-0.39, 0.29) is 18.5 Å². The molecule has 0 aromatic heterocycles. The molecular formula is C16H21NO3. The monoisotopic (exact) mass is 275 g/mol. The molecule has 0 aliphatic carbocycles. The quantitative estimate of drug-likeness (QED) is 0.612. The average Bonchev–Trinajstić information content (AvgIpc) is 2.43. The van der Waals surface area contributed by atoms with Gasteiger partial charge in [-0.05, 0) is 32.4 Å². The van der Waals surface area contributed by atoms with E-state index in [1.165, 1.54) is 23.6 Å². The van der Waals surface area contributed by atoms with Crippen molar-refractivity contribution in [1.29, 1.82) is 0 Å². The number of nitrogens with zero attached hydrogens (tertiary/aromatic N) is 1. The van der Waals surface area contributed by atoms with E-state index in [1.807, 2.05) is 45.0 Å². The summed E-state index contributed by atoms with van der Waals surface area (Å²) in [7, 11) is 1.31. The molecule has 0 saturated carbocycles. The van der Waals surface area contributed by atoms with E-state index in [0.717, 1.165) is 5.56 Å². The third-order valence-corrected chi connectivity index (χ3v) is 2.93. The maximum absolute atomic E-state index is 12.1. The fraction of sp³-hybridized carbons (Fsp3) is 0.375. The van der Waals surface area contributed by atoms with Crippen molar-refractivity contribution in [2.45, 2.75) is 26.8 Å². The Kier molecular flexibility index (Phi) is 5.97. The van der Waals surface area contributed by atoms with Gasteiger partial charge in [-0.25, -0.2) is 0 Å². The van der Waals surface area contributed by atoms with Gasteiger partial charge in [-0.1, -0.05) is 29.8 Å². The van der Waals surface area contributed by atoms with Crippen molar-refractivity contribution in [3.8, 4) is 0 Å². The lowest BCUT2D eigenvalue weighted by atomic mass is 10.1. The van der Waals surface area contributed by atoms with Crippen LogP contribution in [0.3, 0.4) is 0 Å². The Morgan fingerprint density at radius 2 is 1.85 bits per heavy atom. The number of ether oxygens (including phenoxy) is 1. The van der Waals surface area contributed by atoms with Crippen LogP contribution in [0.1, 0.15) is 25.0 Å². The van der Waals surface area contributed by atoms with E-state index >= 15 is 0 Å². The molecule has 0 spiro atoms. The van der Waals surface area contributed by atoms with E-state index in [1.54, 1.807) is 6.08 Å². The van der Waals surface area contributed by atoms with Gasteiger partial charge in [0.25, 0.3) is 0 Å². The molecule has 1 aromatic rings. The van der Waals surface area contributed by atoms with Crippen molar-refractivity contribution in [3.05, 3.63) is 41.5 Å². The molecule has 0 saturated heterocycles. The standard InChI is InChI=1S/C16H21NO3/c1-12(2)17(11-16(19)20-4)15(18)10-9-14-7-5-13(3)6-8-14/h5-10,12H,11H2,1-4H3. The Morgan fingerprint density at radius 1 is 1.25 bits per heavy atom. The van der Waals surface area contributed by atoms with E-state index in [4.69, 9.17) is 0 Å². The normalized spacial score (nSPS) is 10.8. The largest absolute Gasteiger partial charge is 0.468 e. The van der Waals surface area contributed by atoms with Gasteiger partial charge >= 0.3 is 5.97 Å². The van der Waals surface area contributed by atoms with Gasteiger partial charge in [-0.15, -0.1) is 0 Å². The minimum absolute atomic E-state index is 0.0365. The molecule has 0 aliphatic rings. The number of carbonyl (C=O) groups is 2. The number of hydrogen-bond donors (Lipinski definition) is 0. The Labute approximate surface area is 120 Å². The van der Waals surface area contributed by atoms with Gasteiger partial charge in [0.2, 0.25) is 5.91 Å². The summed E-state index contributed by atoms with van der Waals surface area (Å²) in [6.07, 6.45) is 3.22. The van der Waals surface area contributed by atoms with Gasteiger partial charge in [0.1, 0.15) is 6.54 Å². The molecule has 20 heavy (non-hydrogen) atoms. The number of hydrogen-bond acceptors (Lipinski definition) is 3. The molecular weight excluding hydrogens is 254 g/mol. The highest BCUT2D eigenvalue weighted by atomic mass is 16.5. The summed E-state index contributed by atoms with van der Waals surface area (Å²) in [5.41, 5.74) is 2.12. The second-order valence-electron chi connectivity index (χ2n) is 4.88. The molecule has 1 amide bonds. The third kappa shape index (κ3) is 4.88. The smallest absolute Gasteiger partial charge is 0.325 e. The molecule has 0 fully saturated rings. The van der Waals surface area contributed by atoms with Crippen LogP contribution in [-0.4, -0.2) is 36.5 Å². The molecule has 4 nitrogen and oxygen atoms in total. The fourth-order valence-electron chi connectivity index (χ4n) is 1.66. The predicted octanol–water partition coefficient (Wildman–Crippen LogP) is 2.42. The summed E-state index contributed by atoms with van der Waals surface area (Å²) in [5, 5.41) is 0. The molecule has 0 unspecified atom stereocenters. The zero-order valence-electron chi connectivity index (χ0n) is 12.4. The number of amides is 1. The van der Waals surface area contributed by atoms with Gasteiger partial charge in [-0.3, -0.25) is 9.59 Å². The van der Waals surface area contributed by atoms with Gasteiger partial charge in [0.15, 0.2) is 0 Å². The van der Waals surface area contributed by atoms with Gasteiger partial charge in [0.05, 0.1) is 7.11 Å². The molecule has 0 bridgehead atoms. The van der Waals surface area contributed by atoms with Crippen molar-refractivity contribution in [2.75, 3.05) is 13.7 Å². The summed E-state index contributed by atoms with van der Waals surface area (Å²) < 4.78 is 4.60. The summed E-state index contributed by atoms with van der Waals surface area (Å²) in [6.45, 7) is 5.70. The SMILES string of the molecule is COC(=O)CN(C(=O)C=Cc1ccc(C)cc1)C(C)C. The fourth-order valence-corrected chi connectivity index (χ4v) is 1.66. The average molecular weight is 275 g/mol. The highest BCUT2D eigenvalue weighted by Crippen LogP contribution is 2.07. The molecule has 0 N–H and O–H groups in total. The lowest BCUT2D eigenvalue weighted by Crippen LogP contribution is -2.40. The van der Waals surface area contributed by atoms with E-state index in [9.17, 15) is 9.59 Å². The van der Waals surface area contributed by atoms with Crippen LogP contribution >= 0.6 is 0 Å². The molecule has 1 aromatic carbocycles. The zero-order chi connectivity index (χ0) is 15.1. The van der Waals surface area contributed by atoms with Crippen LogP contribution in [0.5, 0.6) is 0 Å². The minimum Gasteiger partial charge on any atom is -0.468 e. The maximum Gasteiger partial charge on any atom is 0.325 e. The molecule has 0 radical (unpaired) electrons. The first-order chi connectivity index (χ1) is 9.43. The Bertz CT molecular complexity index is 489. The highest BCUT2D eigenvalue weighted by molar-refractivity contribution is 5.93. The summed E-state index contributed by atoms with van der Waals surface area (Å²) in [5.74, 6) is -0.623. The Morgan fingerprint density at radius 3 is 2.35 bits per heavy atom. The number of methoxy groups -OCH3 is 1. The van der Waals surface area contributed by atoms with Gasteiger partial charge < -0.3 is 9.64 Å². The molecule has 0 atom stereocenters.